The first-order valence-electron chi connectivity index (χ1n) is 4.72. The van der Waals surface area contributed by atoms with Crippen molar-refractivity contribution >= 4 is 11.7 Å². The van der Waals surface area contributed by atoms with Crippen molar-refractivity contribution < 1.29 is 9.53 Å². The van der Waals surface area contributed by atoms with Crippen molar-refractivity contribution in [1.29, 1.82) is 0 Å². The van der Waals surface area contributed by atoms with E-state index in [1.54, 1.807) is 0 Å². The fourth-order valence-corrected chi connectivity index (χ4v) is 1.69. The van der Waals surface area contributed by atoms with E-state index in [0.29, 0.717) is 6.42 Å². The Bertz CT molecular complexity index is 360. The number of hydrogen-bond acceptors (Lipinski definition) is 3. The molecule has 3 nitrogen and oxygen atoms in total. The van der Waals surface area contributed by atoms with Crippen LogP contribution in [0.1, 0.15) is 11.1 Å². The maximum Gasteiger partial charge on any atom is 0.309 e. The van der Waals surface area contributed by atoms with Gasteiger partial charge in [-0.1, -0.05) is 12.1 Å². The smallest absolute Gasteiger partial charge is 0.309 e. The Hall–Kier alpha value is -1.51. The molecule has 2 rings (SSSR count). The van der Waals surface area contributed by atoms with Crippen LogP contribution in [-0.2, 0) is 22.4 Å². The zero-order chi connectivity index (χ0) is 9.97. The van der Waals surface area contributed by atoms with Crippen molar-refractivity contribution in [1.82, 2.24) is 0 Å². The van der Waals surface area contributed by atoms with Gasteiger partial charge in [-0.3, -0.25) is 4.79 Å². The molecule has 1 heterocycles. The molecule has 0 spiro atoms. The minimum Gasteiger partial charge on any atom is -0.469 e. The van der Waals surface area contributed by atoms with E-state index in [-0.39, 0.29) is 5.97 Å². The average molecular weight is 191 g/mol. The molecule has 0 aliphatic carbocycles. The summed E-state index contributed by atoms with van der Waals surface area (Å²) in [6.45, 7) is 0.997. The van der Waals surface area contributed by atoms with E-state index in [1.807, 2.05) is 12.1 Å². The normalized spacial score (nSPS) is 13.2. The molecule has 0 fully saturated rings. The van der Waals surface area contributed by atoms with Crippen LogP contribution in [0.3, 0.4) is 0 Å². The summed E-state index contributed by atoms with van der Waals surface area (Å²) in [5.41, 5.74) is 3.50. The number of benzene rings is 1. The second-order valence-corrected chi connectivity index (χ2v) is 3.42. The van der Waals surface area contributed by atoms with Crippen molar-refractivity contribution in [2.75, 3.05) is 19.0 Å². The van der Waals surface area contributed by atoms with Gasteiger partial charge in [0.15, 0.2) is 0 Å². The molecule has 0 unspecified atom stereocenters. The van der Waals surface area contributed by atoms with E-state index < -0.39 is 0 Å². The van der Waals surface area contributed by atoms with Gasteiger partial charge in [-0.05, 0) is 23.6 Å². The summed E-state index contributed by atoms with van der Waals surface area (Å²) < 4.78 is 4.61. The van der Waals surface area contributed by atoms with Gasteiger partial charge < -0.3 is 10.1 Å². The maximum absolute atomic E-state index is 11.0. The van der Waals surface area contributed by atoms with Gasteiger partial charge in [0.25, 0.3) is 0 Å². The number of nitrogens with one attached hydrogen (secondary N) is 1. The van der Waals surface area contributed by atoms with Gasteiger partial charge in [-0.2, -0.15) is 0 Å². The monoisotopic (exact) mass is 191 g/mol. The van der Waals surface area contributed by atoms with Gasteiger partial charge in [0.2, 0.25) is 0 Å². The summed E-state index contributed by atoms with van der Waals surface area (Å²) in [7, 11) is 1.41. The van der Waals surface area contributed by atoms with Crippen molar-refractivity contribution in [2.45, 2.75) is 12.8 Å². The van der Waals surface area contributed by atoms with Crippen LogP contribution in [0.4, 0.5) is 5.69 Å². The number of ether oxygens (including phenoxy) is 1. The van der Waals surface area contributed by atoms with Crippen molar-refractivity contribution in [3.05, 3.63) is 29.3 Å². The summed E-state index contributed by atoms with van der Waals surface area (Å²) in [6.07, 6.45) is 1.43. The van der Waals surface area contributed by atoms with Crippen LogP contribution in [0.5, 0.6) is 0 Å². The van der Waals surface area contributed by atoms with Gasteiger partial charge in [0.1, 0.15) is 0 Å². The zero-order valence-electron chi connectivity index (χ0n) is 8.17. The first-order valence-corrected chi connectivity index (χ1v) is 4.72. The topological polar surface area (TPSA) is 38.3 Å². The molecule has 0 atom stereocenters. The minimum atomic E-state index is -0.192. The number of anilines is 1. The molecule has 0 saturated heterocycles. The highest BCUT2D eigenvalue weighted by Gasteiger charge is 2.11. The van der Waals surface area contributed by atoms with E-state index in [0.717, 1.165) is 24.2 Å². The highest BCUT2D eigenvalue weighted by molar-refractivity contribution is 5.73. The van der Waals surface area contributed by atoms with Crippen LogP contribution in [0.25, 0.3) is 0 Å². The molecule has 1 aromatic rings. The zero-order valence-corrected chi connectivity index (χ0v) is 8.17. The van der Waals surface area contributed by atoms with Crippen LogP contribution in [0, 0.1) is 0 Å². The van der Waals surface area contributed by atoms with E-state index in [1.165, 1.54) is 12.7 Å². The van der Waals surface area contributed by atoms with E-state index in [4.69, 9.17) is 0 Å². The fourth-order valence-electron chi connectivity index (χ4n) is 1.69. The van der Waals surface area contributed by atoms with E-state index in [9.17, 15) is 4.79 Å². The molecule has 0 saturated carbocycles. The van der Waals surface area contributed by atoms with Crippen LogP contribution in [-0.4, -0.2) is 19.6 Å². The second-order valence-electron chi connectivity index (χ2n) is 3.42. The minimum absolute atomic E-state index is 0.192. The SMILES string of the molecule is COC(=O)Cc1ccc2c(c1)NCC2. The number of methoxy groups -OCH3 is 1. The predicted octanol–water partition coefficient (Wildman–Crippen LogP) is 1.37. The number of carbonyl (C=O) groups is 1. The molecule has 0 radical (unpaired) electrons. The van der Waals surface area contributed by atoms with Gasteiger partial charge in [-0.25, -0.2) is 0 Å². The van der Waals surface area contributed by atoms with Gasteiger partial charge in [0.05, 0.1) is 13.5 Å². The molecule has 0 aromatic heterocycles. The largest absolute Gasteiger partial charge is 0.469 e. The molecule has 74 valence electrons. The summed E-state index contributed by atoms with van der Waals surface area (Å²) >= 11 is 0. The lowest BCUT2D eigenvalue weighted by Gasteiger charge is -2.03. The average Bonchev–Trinajstić information content (AvgIpc) is 2.64. The first-order chi connectivity index (χ1) is 6.79. The van der Waals surface area contributed by atoms with Crippen LogP contribution < -0.4 is 5.32 Å². The van der Waals surface area contributed by atoms with Crippen LogP contribution in [0.2, 0.25) is 0 Å². The summed E-state index contributed by atoms with van der Waals surface area (Å²) in [6, 6.07) is 6.09. The highest BCUT2D eigenvalue weighted by Crippen LogP contribution is 2.23. The Morgan fingerprint density at radius 2 is 2.43 bits per heavy atom. The lowest BCUT2D eigenvalue weighted by molar-refractivity contribution is -0.139. The van der Waals surface area contributed by atoms with Gasteiger partial charge in [0, 0.05) is 12.2 Å². The third-order valence-electron chi connectivity index (χ3n) is 2.46. The third kappa shape index (κ3) is 1.71. The quantitative estimate of drug-likeness (QED) is 0.717. The van der Waals surface area contributed by atoms with E-state index in [2.05, 4.69) is 16.1 Å². The molecule has 1 aliphatic heterocycles. The Morgan fingerprint density at radius 3 is 3.21 bits per heavy atom. The molecule has 14 heavy (non-hydrogen) atoms. The Labute approximate surface area is 83.1 Å². The third-order valence-corrected chi connectivity index (χ3v) is 2.46. The second kappa shape index (κ2) is 3.70. The van der Waals surface area contributed by atoms with Crippen molar-refractivity contribution in [2.24, 2.45) is 0 Å². The molecular formula is C11H13NO2. The first kappa shape index (κ1) is 9.06. The predicted molar refractivity (Wildman–Crippen MR) is 54.4 cm³/mol. The molecule has 0 amide bonds. The van der Waals surface area contributed by atoms with Crippen molar-refractivity contribution in [3.8, 4) is 0 Å². The number of rotatable bonds is 2. The number of hydrogen-bond donors (Lipinski definition) is 1. The maximum atomic E-state index is 11.0. The van der Waals surface area contributed by atoms with Gasteiger partial charge in [-0.15, -0.1) is 0 Å². The number of carbonyl (C=O) groups excluding carboxylic acids is 1. The standard InChI is InChI=1S/C11H13NO2/c1-14-11(13)7-8-2-3-9-4-5-12-10(9)6-8/h2-3,6,12H,4-5,7H2,1H3. The van der Waals surface area contributed by atoms with Crippen molar-refractivity contribution in [3.63, 3.8) is 0 Å². The molecule has 0 bridgehead atoms. The molecule has 1 N–H and O–H groups in total. The number of esters is 1. The lowest BCUT2D eigenvalue weighted by Crippen LogP contribution is -2.04. The summed E-state index contributed by atoms with van der Waals surface area (Å²) in [4.78, 5) is 11.0. The highest BCUT2D eigenvalue weighted by atomic mass is 16.5. The van der Waals surface area contributed by atoms with Crippen LogP contribution >= 0.6 is 0 Å². The summed E-state index contributed by atoms with van der Waals surface area (Å²) in [5, 5.41) is 3.28. The van der Waals surface area contributed by atoms with Crippen LogP contribution in [0.15, 0.2) is 18.2 Å². The molecular weight excluding hydrogens is 178 g/mol. The molecule has 1 aliphatic rings. The van der Waals surface area contributed by atoms with E-state index >= 15 is 0 Å². The Balaban J connectivity index is 2.16. The lowest BCUT2D eigenvalue weighted by atomic mass is 10.1. The summed E-state index contributed by atoms with van der Waals surface area (Å²) in [5.74, 6) is -0.192. The van der Waals surface area contributed by atoms with Gasteiger partial charge >= 0.3 is 5.97 Å². The Morgan fingerprint density at radius 1 is 1.57 bits per heavy atom. The Kier molecular flexibility index (Phi) is 2.39. The number of fused-ring (bicyclic) bond motifs is 1. The molecule has 3 heteroatoms. The fraction of sp³-hybridized carbons (Fsp3) is 0.364. The molecule has 1 aromatic carbocycles.